The zero-order valence-electron chi connectivity index (χ0n) is 24.6. The van der Waals surface area contributed by atoms with Crippen molar-refractivity contribution in [1.82, 2.24) is 10.6 Å². The first-order valence-corrected chi connectivity index (χ1v) is 14.9. The molecule has 0 atom stereocenters. The van der Waals surface area contributed by atoms with Gasteiger partial charge in [-0.2, -0.15) is 0 Å². The summed E-state index contributed by atoms with van der Waals surface area (Å²) in [5, 5.41) is 11.3. The summed E-state index contributed by atoms with van der Waals surface area (Å²) < 4.78 is 10.4. The molecule has 2 heterocycles. The molecular weight excluding hydrogens is 560 g/mol. The molecule has 0 bridgehead atoms. The molecule has 0 aliphatic heterocycles. The Bertz CT molecular complexity index is 1380. The lowest BCUT2D eigenvalue weighted by Crippen LogP contribution is -2.22. The molecule has 230 valence electrons. The van der Waals surface area contributed by atoms with Crippen LogP contribution in [0.15, 0.2) is 94.2 Å². The molecule has 0 aliphatic carbocycles. The predicted octanol–water partition coefficient (Wildman–Crippen LogP) is 6.43. The van der Waals surface area contributed by atoms with Crippen molar-refractivity contribution in [3.8, 4) is 0 Å². The zero-order valence-corrected chi connectivity index (χ0v) is 24.6. The van der Waals surface area contributed by atoms with Gasteiger partial charge in [-0.25, -0.2) is 0 Å². The van der Waals surface area contributed by atoms with E-state index in [1.54, 1.807) is 85.3 Å². The number of carbonyl (C=O) groups excluding carboxylic acids is 4. The van der Waals surface area contributed by atoms with E-state index in [9.17, 15) is 19.2 Å². The molecule has 0 fully saturated rings. The maximum Gasteiger partial charge on any atom is 0.251 e. The average Bonchev–Trinajstić information content (AvgIpc) is 3.75. The van der Waals surface area contributed by atoms with Crippen molar-refractivity contribution in [3.05, 3.63) is 108 Å². The maximum atomic E-state index is 12.4. The highest BCUT2D eigenvalue weighted by molar-refractivity contribution is 5.98. The third-order valence-electron chi connectivity index (χ3n) is 6.88. The van der Waals surface area contributed by atoms with Crippen LogP contribution in [0.5, 0.6) is 0 Å². The van der Waals surface area contributed by atoms with Crippen molar-refractivity contribution in [3.63, 3.8) is 0 Å². The van der Waals surface area contributed by atoms with Crippen molar-refractivity contribution < 1.29 is 28.0 Å². The lowest BCUT2D eigenvalue weighted by Gasteiger charge is -2.09. The summed E-state index contributed by atoms with van der Waals surface area (Å²) in [5.41, 5.74) is 2.08. The highest BCUT2D eigenvalue weighted by Gasteiger charge is 2.10. The van der Waals surface area contributed by atoms with Crippen molar-refractivity contribution >= 4 is 35.0 Å². The molecule has 10 nitrogen and oxygen atoms in total. The van der Waals surface area contributed by atoms with E-state index in [1.807, 2.05) is 0 Å². The van der Waals surface area contributed by atoms with Crippen LogP contribution in [-0.2, 0) is 22.7 Å². The van der Waals surface area contributed by atoms with E-state index in [-0.39, 0.29) is 23.6 Å². The summed E-state index contributed by atoms with van der Waals surface area (Å²) in [7, 11) is 0. The molecule has 0 unspecified atom stereocenters. The fraction of sp³-hybridized carbons (Fsp3) is 0.294. The van der Waals surface area contributed by atoms with Crippen molar-refractivity contribution in [2.24, 2.45) is 0 Å². The number of anilines is 2. The van der Waals surface area contributed by atoms with Gasteiger partial charge >= 0.3 is 0 Å². The summed E-state index contributed by atoms with van der Waals surface area (Å²) in [5.74, 6) is 0.661. The van der Waals surface area contributed by atoms with Gasteiger partial charge in [0.05, 0.1) is 25.6 Å². The molecule has 0 saturated carbocycles. The molecule has 4 aromatic rings. The second kappa shape index (κ2) is 17.1. The van der Waals surface area contributed by atoms with Crippen LogP contribution in [0.25, 0.3) is 0 Å². The molecule has 0 spiro atoms. The first-order valence-electron chi connectivity index (χ1n) is 14.9. The number of nitrogens with one attached hydrogen (secondary N) is 4. The van der Waals surface area contributed by atoms with Gasteiger partial charge in [0, 0.05) is 35.3 Å². The van der Waals surface area contributed by atoms with Gasteiger partial charge in [0.1, 0.15) is 11.5 Å². The molecule has 44 heavy (non-hydrogen) atoms. The van der Waals surface area contributed by atoms with E-state index in [0.717, 1.165) is 38.5 Å². The van der Waals surface area contributed by atoms with Crippen molar-refractivity contribution in [2.75, 3.05) is 10.6 Å². The summed E-state index contributed by atoms with van der Waals surface area (Å²) >= 11 is 0. The summed E-state index contributed by atoms with van der Waals surface area (Å²) in [6.07, 6.45) is 9.24. The van der Waals surface area contributed by atoms with Gasteiger partial charge in [-0.3, -0.25) is 19.2 Å². The van der Waals surface area contributed by atoms with Gasteiger partial charge in [0.25, 0.3) is 11.8 Å². The van der Waals surface area contributed by atoms with E-state index in [2.05, 4.69) is 21.3 Å². The lowest BCUT2D eigenvalue weighted by atomic mass is 10.1. The van der Waals surface area contributed by atoms with Crippen LogP contribution in [0.4, 0.5) is 11.4 Å². The second-order valence-electron chi connectivity index (χ2n) is 10.4. The smallest absolute Gasteiger partial charge is 0.251 e. The number of amides is 4. The Balaban J connectivity index is 1.04. The fourth-order valence-electron chi connectivity index (χ4n) is 4.57. The number of furan rings is 2. The monoisotopic (exact) mass is 598 g/mol. The zero-order chi connectivity index (χ0) is 31.0. The number of benzene rings is 2. The number of hydrogen-bond donors (Lipinski definition) is 4. The minimum absolute atomic E-state index is 0.0890. The van der Waals surface area contributed by atoms with Crippen LogP contribution in [0.2, 0.25) is 0 Å². The Labute approximate surface area is 256 Å². The molecule has 2 aromatic carbocycles. The SMILES string of the molecule is O=C(CCCCCCCCC(=O)Nc1cccc(C(=O)NCc2ccco2)c1)Nc1cccc(C(=O)NCc2ccco2)c1. The van der Waals surface area contributed by atoms with E-state index < -0.39 is 0 Å². The molecule has 10 heteroatoms. The normalized spacial score (nSPS) is 10.6. The quantitative estimate of drug-likeness (QED) is 0.103. The van der Waals surface area contributed by atoms with Gasteiger partial charge in [-0.05, 0) is 73.5 Å². The van der Waals surface area contributed by atoms with Crippen molar-refractivity contribution in [1.29, 1.82) is 0 Å². The summed E-state index contributed by atoms with van der Waals surface area (Å²) in [6.45, 7) is 0.583. The second-order valence-corrected chi connectivity index (χ2v) is 10.4. The van der Waals surface area contributed by atoms with Gasteiger partial charge in [0.15, 0.2) is 0 Å². The maximum absolute atomic E-state index is 12.4. The van der Waals surface area contributed by atoms with Gasteiger partial charge < -0.3 is 30.1 Å². The number of unbranched alkanes of at least 4 members (excludes halogenated alkanes) is 5. The molecule has 4 N–H and O–H groups in total. The Kier molecular flexibility index (Phi) is 12.4. The Hall–Kier alpha value is -5.12. The van der Waals surface area contributed by atoms with Crippen LogP contribution < -0.4 is 21.3 Å². The molecule has 4 amide bonds. The van der Waals surface area contributed by atoms with Crippen LogP contribution in [0.3, 0.4) is 0 Å². The highest BCUT2D eigenvalue weighted by atomic mass is 16.3. The lowest BCUT2D eigenvalue weighted by molar-refractivity contribution is -0.117. The molecule has 0 aliphatic rings. The third-order valence-corrected chi connectivity index (χ3v) is 6.88. The third kappa shape index (κ3) is 10.9. The molecular formula is C34H38N4O6. The predicted molar refractivity (Wildman–Crippen MR) is 167 cm³/mol. The summed E-state index contributed by atoms with van der Waals surface area (Å²) in [6, 6.07) is 20.8. The van der Waals surface area contributed by atoms with Gasteiger partial charge in [-0.1, -0.05) is 37.8 Å². The number of rotatable bonds is 17. The van der Waals surface area contributed by atoms with E-state index in [4.69, 9.17) is 8.83 Å². The van der Waals surface area contributed by atoms with E-state index in [0.29, 0.717) is 60.0 Å². The summed E-state index contributed by atoms with van der Waals surface area (Å²) in [4.78, 5) is 49.6. The minimum Gasteiger partial charge on any atom is -0.467 e. The Morgan fingerprint density at radius 1 is 0.523 bits per heavy atom. The van der Waals surface area contributed by atoms with Gasteiger partial charge in [-0.15, -0.1) is 0 Å². The molecule has 4 rings (SSSR count). The van der Waals surface area contributed by atoms with Crippen molar-refractivity contribution in [2.45, 2.75) is 64.5 Å². The molecule has 0 radical (unpaired) electrons. The Morgan fingerprint density at radius 3 is 1.36 bits per heavy atom. The topological polar surface area (TPSA) is 143 Å². The average molecular weight is 599 g/mol. The van der Waals surface area contributed by atoms with E-state index >= 15 is 0 Å². The van der Waals surface area contributed by atoms with Crippen LogP contribution in [0, 0.1) is 0 Å². The largest absolute Gasteiger partial charge is 0.467 e. The fourth-order valence-corrected chi connectivity index (χ4v) is 4.57. The molecule has 2 aromatic heterocycles. The van der Waals surface area contributed by atoms with Crippen LogP contribution in [-0.4, -0.2) is 23.6 Å². The minimum atomic E-state index is -0.244. The first-order chi connectivity index (χ1) is 21.5. The number of carbonyl (C=O) groups is 4. The van der Waals surface area contributed by atoms with Crippen LogP contribution >= 0.6 is 0 Å². The van der Waals surface area contributed by atoms with Crippen LogP contribution in [0.1, 0.15) is 83.6 Å². The van der Waals surface area contributed by atoms with E-state index in [1.165, 1.54) is 0 Å². The highest BCUT2D eigenvalue weighted by Crippen LogP contribution is 2.15. The molecule has 0 saturated heterocycles. The first kappa shape index (κ1) is 31.8. The standard InChI is InChI=1S/C34H38N4O6/c39-31(37-27-13-7-11-25(21-27)33(41)35-23-29-15-9-19-43-29)17-5-3-1-2-4-6-18-32(40)38-28-14-8-12-26(22-28)34(42)36-24-30-16-10-20-44-30/h7-16,19-22H,1-6,17-18,23-24H2,(H,35,41)(H,36,42)(H,37,39)(H,38,40). The Morgan fingerprint density at radius 2 is 0.955 bits per heavy atom. The number of hydrogen-bond acceptors (Lipinski definition) is 6. The van der Waals surface area contributed by atoms with Gasteiger partial charge in [0.2, 0.25) is 11.8 Å².